The maximum Gasteiger partial charge on any atom is 0.274 e. The molecule has 1 N–H and O–H groups in total. The number of benzene rings is 1. The van der Waals surface area contributed by atoms with Crippen molar-refractivity contribution >= 4 is 21.6 Å². The van der Waals surface area contributed by atoms with Gasteiger partial charge < -0.3 is 14.6 Å². The minimum absolute atomic E-state index is 0.00289. The Morgan fingerprint density at radius 2 is 1.76 bits per heavy atom. The number of amides is 1. The molecule has 3 aromatic rings. The predicted molar refractivity (Wildman–Crippen MR) is 125 cm³/mol. The molecule has 10 heteroatoms. The number of fused-ring (bicyclic) bond motifs is 4. The monoisotopic (exact) mass is 480 g/mol. The molecule has 2 aliphatic rings. The summed E-state index contributed by atoms with van der Waals surface area (Å²) in [7, 11) is -2.14. The summed E-state index contributed by atoms with van der Waals surface area (Å²) in [4.78, 5) is 29.8. The fraction of sp³-hybridized carbons (Fsp3) is 0.292. The largest absolute Gasteiger partial charge is 0.497 e. The second kappa shape index (κ2) is 8.69. The first-order chi connectivity index (χ1) is 16.4. The molecule has 0 saturated carbocycles. The lowest BCUT2D eigenvalue weighted by Crippen LogP contribution is -2.49. The number of rotatable bonds is 5. The van der Waals surface area contributed by atoms with Crippen molar-refractivity contribution in [3.8, 4) is 5.75 Å². The number of anilines is 1. The molecule has 1 fully saturated rings. The van der Waals surface area contributed by atoms with Gasteiger partial charge in [0.1, 0.15) is 11.4 Å². The molecule has 4 heterocycles. The first kappa shape index (κ1) is 22.3. The van der Waals surface area contributed by atoms with E-state index in [9.17, 15) is 18.0 Å². The van der Waals surface area contributed by atoms with Crippen molar-refractivity contribution in [1.29, 1.82) is 0 Å². The highest BCUT2D eigenvalue weighted by Gasteiger charge is 2.39. The second-order valence-electron chi connectivity index (χ2n) is 8.57. The molecule has 2 bridgehead atoms. The number of carbonyl (C=O) groups excluding carboxylic acids is 1. The summed E-state index contributed by atoms with van der Waals surface area (Å²) in [5.74, 6) is 0.115. The van der Waals surface area contributed by atoms with Crippen molar-refractivity contribution < 1.29 is 17.9 Å². The van der Waals surface area contributed by atoms with Gasteiger partial charge >= 0.3 is 0 Å². The Labute approximate surface area is 197 Å². The van der Waals surface area contributed by atoms with E-state index in [1.807, 2.05) is 6.07 Å². The Morgan fingerprint density at radius 1 is 1.03 bits per heavy atom. The first-order valence-corrected chi connectivity index (χ1v) is 12.4. The summed E-state index contributed by atoms with van der Waals surface area (Å²) in [5, 5.41) is 2.69. The zero-order valence-electron chi connectivity index (χ0n) is 18.5. The SMILES string of the molecule is COc1ccc(S(=O)(=O)N2C[C@H]3C[C@H](C2)c2ccc(NC(=O)c4ccncc4)c(=O)n2C3)cc1. The second-order valence-corrected chi connectivity index (χ2v) is 10.5. The van der Waals surface area contributed by atoms with Crippen LogP contribution in [0.5, 0.6) is 5.75 Å². The van der Waals surface area contributed by atoms with Gasteiger partial charge in [-0.05, 0) is 60.9 Å². The fourth-order valence-corrected chi connectivity index (χ4v) is 6.35. The smallest absolute Gasteiger partial charge is 0.274 e. The number of carbonyl (C=O) groups is 1. The van der Waals surface area contributed by atoms with Crippen molar-refractivity contribution in [3.63, 3.8) is 0 Å². The standard InChI is InChI=1S/C24H24N4O5S/c1-33-19-2-4-20(5-3-19)34(31,32)27-13-16-12-18(15-27)22-7-6-21(24(30)28(22)14-16)26-23(29)17-8-10-25-11-9-17/h2-11,16,18H,12-15H2,1H3,(H,26,29)/t16-,18-/m1/s1. The molecule has 34 heavy (non-hydrogen) atoms. The molecule has 0 aliphatic carbocycles. The summed E-state index contributed by atoms with van der Waals surface area (Å²) in [5.41, 5.74) is 1.13. The van der Waals surface area contributed by atoms with Crippen LogP contribution in [0.1, 0.15) is 28.4 Å². The van der Waals surface area contributed by atoms with Gasteiger partial charge in [-0.25, -0.2) is 8.42 Å². The Hall–Kier alpha value is -3.50. The molecule has 1 aromatic carbocycles. The van der Waals surface area contributed by atoms with Gasteiger partial charge in [0.15, 0.2) is 0 Å². The third kappa shape index (κ3) is 3.99. The molecule has 1 saturated heterocycles. The average Bonchev–Trinajstić information content (AvgIpc) is 2.86. The Bertz CT molecular complexity index is 1390. The Kier molecular flexibility index (Phi) is 5.70. The minimum Gasteiger partial charge on any atom is -0.497 e. The van der Waals surface area contributed by atoms with E-state index in [2.05, 4.69) is 10.3 Å². The van der Waals surface area contributed by atoms with Crippen molar-refractivity contribution in [3.05, 3.63) is 82.5 Å². The number of nitrogens with one attached hydrogen (secondary N) is 1. The lowest BCUT2D eigenvalue weighted by molar-refractivity contribution is 0.102. The molecular weight excluding hydrogens is 456 g/mol. The topological polar surface area (TPSA) is 111 Å². The molecule has 2 atom stereocenters. The minimum atomic E-state index is -3.67. The lowest BCUT2D eigenvalue weighted by Gasteiger charge is -2.42. The molecule has 9 nitrogen and oxygen atoms in total. The maximum absolute atomic E-state index is 13.3. The van der Waals surface area contributed by atoms with Crippen LogP contribution in [0, 0.1) is 5.92 Å². The van der Waals surface area contributed by atoms with E-state index in [-0.39, 0.29) is 33.9 Å². The van der Waals surface area contributed by atoms with E-state index < -0.39 is 10.0 Å². The van der Waals surface area contributed by atoms with Crippen molar-refractivity contribution in [2.24, 2.45) is 5.92 Å². The number of pyridine rings is 2. The van der Waals surface area contributed by atoms with Gasteiger partial charge in [-0.1, -0.05) is 0 Å². The Morgan fingerprint density at radius 3 is 2.47 bits per heavy atom. The highest BCUT2D eigenvalue weighted by molar-refractivity contribution is 7.89. The lowest BCUT2D eigenvalue weighted by atomic mass is 9.84. The maximum atomic E-state index is 13.3. The molecule has 0 radical (unpaired) electrons. The van der Waals surface area contributed by atoms with Gasteiger partial charge in [-0.2, -0.15) is 4.31 Å². The molecule has 0 unspecified atom stereocenters. The molecule has 5 rings (SSSR count). The van der Waals surface area contributed by atoms with E-state index in [4.69, 9.17) is 4.74 Å². The summed E-state index contributed by atoms with van der Waals surface area (Å²) in [6.07, 6.45) is 3.85. The van der Waals surface area contributed by atoms with Gasteiger partial charge in [-0.15, -0.1) is 0 Å². The highest BCUT2D eigenvalue weighted by Crippen LogP contribution is 2.37. The van der Waals surface area contributed by atoms with E-state index in [0.29, 0.717) is 30.9 Å². The number of nitrogens with zero attached hydrogens (tertiary/aromatic N) is 3. The third-order valence-corrected chi connectivity index (χ3v) is 8.30. The van der Waals surface area contributed by atoms with Crippen LogP contribution in [0.4, 0.5) is 5.69 Å². The Balaban J connectivity index is 1.39. The van der Waals surface area contributed by atoms with Crippen molar-refractivity contribution in [1.82, 2.24) is 13.9 Å². The van der Waals surface area contributed by atoms with E-state index in [0.717, 1.165) is 12.1 Å². The molecule has 1 amide bonds. The number of piperidine rings is 1. The quantitative estimate of drug-likeness (QED) is 0.600. The van der Waals surface area contributed by atoms with Crippen LogP contribution < -0.4 is 15.6 Å². The van der Waals surface area contributed by atoms with Gasteiger partial charge in [0.2, 0.25) is 10.0 Å². The molecule has 2 aromatic heterocycles. The van der Waals surface area contributed by atoms with Crippen LogP contribution in [0.15, 0.2) is 70.6 Å². The number of hydrogen-bond acceptors (Lipinski definition) is 6. The van der Waals surface area contributed by atoms with Crippen LogP contribution in [-0.4, -0.2) is 48.4 Å². The fourth-order valence-electron chi connectivity index (χ4n) is 4.79. The average molecular weight is 481 g/mol. The number of hydrogen-bond donors (Lipinski definition) is 1. The van der Waals surface area contributed by atoms with E-state index in [1.54, 1.807) is 47.0 Å². The predicted octanol–water partition coefficient (Wildman–Crippen LogP) is 2.31. The van der Waals surface area contributed by atoms with Gasteiger partial charge in [0, 0.05) is 49.2 Å². The zero-order valence-corrected chi connectivity index (χ0v) is 19.4. The first-order valence-electron chi connectivity index (χ1n) is 11.0. The molecule has 2 aliphatic heterocycles. The summed E-state index contributed by atoms with van der Waals surface area (Å²) < 4.78 is 34.9. The van der Waals surface area contributed by atoms with E-state index in [1.165, 1.54) is 23.8 Å². The molecule has 0 spiro atoms. The van der Waals surface area contributed by atoms with Crippen molar-refractivity contribution in [2.45, 2.75) is 23.8 Å². The highest BCUT2D eigenvalue weighted by atomic mass is 32.2. The van der Waals surface area contributed by atoms with Gasteiger partial charge in [0.05, 0.1) is 12.0 Å². The third-order valence-electron chi connectivity index (χ3n) is 6.46. The van der Waals surface area contributed by atoms with Crippen LogP contribution in [0.25, 0.3) is 0 Å². The number of sulfonamides is 1. The van der Waals surface area contributed by atoms with Crippen LogP contribution in [0.2, 0.25) is 0 Å². The van der Waals surface area contributed by atoms with Crippen molar-refractivity contribution in [2.75, 3.05) is 25.5 Å². The van der Waals surface area contributed by atoms with Crippen LogP contribution >= 0.6 is 0 Å². The summed E-state index contributed by atoms with van der Waals surface area (Å²) >= 11 is 0. The molecular formula is C24H24N4O5S. The normalized spacial score (nSPS) is 19.8. The molecule has 176 valence electrons. The number of ether oxygens (including phenoxy) is 1. The van der Waals surface area contributed by atoms with Crippen LogP contribution in [-0.2, 0) is 16.6 Å². The summed E-state index contributed by atoms with van der Waals surface area (Å²) in [6, 6.07) is 12.9. The van der Waals surface area contributed by atoms with Crippen LogP contribution in [0.3, 0.4) is 0 Å². The number of aromatic nitrogens is 2. The van der Waals surface area contributed by atoms with Gasteiger partial charge in [0.25, 0.3) is 11.5 Å². The van der Waals surface area contributed by atoms with Gasteiger partial charge in [-0.3, -0.25) is 14.6 Å². The van der Waals surface area contributed by atoms with E-state index >= 15 is 0 Å². The zero-order chi connectivity index (χ0) is 23.9. The number of methoxy groups -OCH3 is 1. The summed E-state index contributed by atoms with van der Waals surface area (Å²) in [6.45, 7) is 1.04.